The average Bonchev–Trinajstić information content (AvgIpc) is 2.65. The van der Waals surface area contributed by atoms with Crippen molar-refractivity contribution in [2.75, 3.05) is 13.2 Å². The van der Waals surface area contributed by atoms with Gasteiger partial charge in [-0.3, -0.25) is 9.59 Å². The highest BCUT2D eigenvalue weighted by Gasteiger charge is 2.04. The number of aliphatic carboxylic acids is 1. The van der Waals surface area contributed by atoms with Crippen molar-refractivity contribution in [2.45, 2.75) is 33.2 Å². The van der Waals surface area contributed by atoms with E-state index < -0.39 is 5.97 Å². The van der Waals surface area contributed by atoms with Gasteiger partial charge in [0.2, 0.25) is 0 Å². The van der Waals surface area contributed by atoms with Crippen LogP contribution in [0.1, 0.15) is 29.5 Å². The molecule has 0 bridgehead atoms. The largest absolute Gasteiger partial charge is 0.494 e. The van der Waals surface area contributed by atoms with Crippen LogP contribution in [0.3, 0.4) is 0 Å². The first-order chi connectivity index (χ1) is 12.9. The first-order valence-electron chi connectivity index (χ1n) is 8.84. The molecule has 6 nitrogen and oxygen atoms in total. The lowest BCUT2D eigenvalue weighted by Gasteiger charge is -2.10. The van der Waals surface area contributed by atoms with Crippen LogP contribution < -0.4 is 14.8 Å². The summed E-state index contributed by atoms with van der Waals surface area (Å²) < 4.78 is 11.0. The van der Waals surface area contributed by atoms with E-state index in [9.17, 15) is 9.59 Å². The number of amides is 1. The maximum Gasteiger partial charge on any atom is 0.303 e. The van der Waals surface area contributed by atoms with Gasteiger partial charge in [-0.25, -0.2) is 0 Å². The van der Waals surface area contributed by atoms with Crippen molar-refractivity contribution in [1.82, 2.24) is 5.32 Å². The number of nitrogens with one attached hydrogen (secondary N) is 1. The number of benzene rings is 2. The summed E-state index contributed by atoms with van der Waals surface area (Å²) in [5.74, 6) is 0.333. The molecule has 0 aliphatic carbocycles. The number of carboxylic acids is 1. The van der Waals surface area contributed by atoms with Crippen LogP contribution in [-0.4, -0.2) is 30.2 Å². The number of ether oxygens (including phenoxy) is 2. The van der Waals surface area contributed by atoms with Gasteiger partial charge in [0.15, 0.2) is 6.61 Å². The second-order valence-electron chi connectivity index (χ2n) is 6.30. The third kappa shape index (κ3) is 7.40. The van der Waals surface area contributed by atoms with Gasteiger partial charge in [-0.2, -0.15) is 0 Å². The number of carbonyl (C=O) groups excluding carboxylic acids is 1. The third-order valence-corrected chi connectivity index (χ3v) is 4.07. The van der Waals surface area contributed by atoms with Crippen molar-refractivity contribution in [3.63, 3.8) is 0 Å². The van der Waals surface area contributed by atoms with Crippen molar-refractivity contribution in [2.24, 2.45) is 0 Å². The van der Waals surface area contributed by atoms with Crippen molar-refractivity contribution in [3.05, 3.63) is 59.2 Å². The molecule has 0 unspecified atom stereocenters. The first kappa shape index (κ1) is 20.3. The summed E-state index contributed by atoms with van der Waals surface area (Å²) in [4.78, 5) is 22.4. The standard InChI is InChI=1S/C21H25NO5/c1-15-5-8-19(12-16(15)2)27-14-20(23)22-13-17-6-9-18(10-7-17)26-11-3-4-21(24)25/h5-10,12H,3-4,11,13-14H2,1-2H3,(H,22,23)(H,24,25). The van der Waals surface area contributed by atoms with Gasteiger partial charge in [-0.1, -0.05) is 18.2 Å². The molecule has 6 heteroatoms. The van der Waals surface area contributed by atoms with E-state index in [0.29, 0.717) is 31.1 Å². The first-order valence-corrected chi connectivity index (χ1v) is 8.84. The Labute approximate surface area is 159 Å². The molecule has 1 amide bonds. The van der Waals surface area contributed by atoms with Crippen LogP contribution in [0, 0.1) is 13.8 Å². The number of carbonyl (C=O) groups is 2. The molecule has 27 heavy (non-hydrogen) atoms. The Hall–Kier alpha value is -3.02. The van der Waals surface area contributed by atoms with E-state index in [2.05, 4.69) is 5.32 Å². The maximum absolute atomic E-state index is 11.9. The highest BCUT2D eigenvalue weighted by Crippen LogP contribution is 2.16. The maximum atomic E-state index is 11.9. The zero-order valence-corrected chi connectivity index (χ0v) is 15.7. The van der Waals surface area contributed by atoms with E-state index in [4.69, 9.17) is 14.6 Å². The number of rotatable bonds is 10. The molecule has 2 N–H and O–H groups in total. The van der Waals surface area contributed by atoms with Gasteiger partial charge in [0.1, 0.15) is 11.5 Å². The highest BCUT2D eigenvalue weighted by atomic mass is 16.5. The van der Waals surface area contributed by atoms with Gasteiger partial charge in [0.05, 0.1) is 6.61 Å². The van der Waals surface area contributed by atoms with Gasteiger partial charge in [-0.15, -0.1) is 0 Å². The van der Waals surface area contributed by atoms with Gasteiger partial charge < -0.3 is 19.9 Å². The van der Waals surface area contributed by atoms with Gasteiger partial charge >= 0.3 is 5.97 Å². The Balaban J connectivity index is 1.69. The van der Waals surface area contributed by atoms with E-state index >= 15 is 0 Å². The molecule has 0 fully saturated rings. The Kier molecular flexibility index (Phi) is 7.67. The molecule has 0 heterocycles. The van der Waals surface area contributed by atoms with Gasteiger partial charge in [0, 0.05) is 13.0 Å². The second-order valence-corrected chi connectivity index (χ2v) is 6.30. The van der Waals surface area contributed by atoms with Crippen LogP contribution >= 0.6 is 0 Å². The van der Waals surface area contributed by atoms with Crippen molar-refractivity contribution >= 4 is 11.9 Å². The molecule has 2 aromatic carbocycles. The predicted molar refractivity (Wildman–Crippen MR) is 102 cm³/mol. The van der Waals surface area contributed by atoms with Gasteiger partial charge in [0.25, 0.3) is 5.91 Å². The smallest absolute Gasteiger partial charge is 0.303 e. The monoisotopic (exact) mass is 371 g/mol. The van der Waals surface area contributed by atoms with E-state index in [1.807, 2.05) is 44.2 Å². The molecule has 0 aliphatic rings. The van der Waals surface area contributed by atoms with Gasteiger partial charge in [-0.05, 0) is 61.2 Å². The molecule has 0 aliphatic heterocycles. The SMILES string of the molecule is Cc1ccc(OCC(=O)NCc2ccc(OCCCC(=O)O)cc2)cc1C. The minimum absolute atomic E-state index is 0.0345. The summed E-state index contributed by atoms with van der Waals surface area (Å²) in [7, 11) is 0. The van der Waals surface area contributed by atoms with Crippen LogP contribution in [0.2, 0.25) is 0 Å². The molecule has 0 atom stereocenters. The molecule has 0 radical (unpaired) electrons. The fourth-order valence-electron chi connectivity index (χ4n) is 2.32. The molecule has 144 valence electrons. The Morgan fingerprint density at radius 1 is 0.963 bits per heavy atom. The lowest BCUT2D eigenvalue weighted by Crippen LogP contribution is -2.28. The molecule has 0 aromatic heterocycles. The van der Waals surface area contributed by atoms with E-state index in [1.54, 1.807) is 12.1 Å². The zero-order chi connectivity index (χ0) is 19.6. The molecular formula is C21H25NO5. The topological polar surface area (TPSA) is 84.9 Å². The van der Waals surface area contributed by atoms with Crippen molar-refractivity contribution in [1.29, 1.82) is 0 Å². The zero-order valence-electron chi connectivity index (χ0n) is 15.7. The fourth-order valence-corrected chi connectivity index (χ4v) is 2.32. The van der Waals surface area contributed by atoms with Crippen LogP contribution in [0.25, 0.3) is 0 Å². The predicted octanol–water partition coefficient (Wildman–Crippen LogP) is 3.24. The van der Waals surface area contributed by atoms with E-state index in [0.717, 1.165) is 11.1 Å². The average molecular weight is 371 g/mol. The fraction of sp³-hybridized carbons (Fsp3) is 0.333. The van der Waals surface area contributed by atoms with Crippen LogP contribution in [0.15, 0.2) is 42.5 Å². The summed E-state index contributed by atoms with van der Waals surface area (Å²) in [5.41, 5.74) is 3.24. The van der Waals surface area contributed by atoms with E-state index in [-0.39, 0.29) is 18.9 Å². The van der Waals surface area contributed by atoms with E-state index in [1.165, 1.54) is 5.56 Å². The minimum atomic E-state index is -0.828. The van der Waals surface area contributed by atoms with Crippen LogP contribution in [0.4, 0.5) is 0 Å². The number of hydrogen-bond donors (Lipinski definition) is 2. The molecule has 2 rings (SSSR count). The number of hydrogen-bond acceptors (Lipinski definition) is 4. The summed E-state index contributed by atoms with van der Waals surface area (Å²) in [6.45, 7) is 4.75. The Morgan fingerprint density at radius 3 is 2.33 bits per heavy atom. The molecular weight excluding hydrogens is 346 g/mol. The number of carboxylic acid groups (broad SMARTS) is 1. The molecule has 0 spiro atoms. The quantitative estimate of drug-likeness (QED) is 0.626. The summed E-state index contributed by atoms with van der Waals surface area (Å²) in [5, 5.41) is 11.4. The summed E-state index contributed by atoms with van der Waals surface area (Å²) in [6.07, 6.45) is 0.558. The minimum Gasteiger partial charge on any atom is -0.494 e. The lowest BCUT2D eigenvalue weighted by atomic mass is 10.1. The summed E-state index contributed by atoms with van der Waals surface area (Å²) >= 11 is 0. The second kappa shape index (κ2) is 10.2. The lowest BCUT2D eigenvalue weighted by molar-refractivity contribution is -0.137. The molecule has 2 aromatic rings. The summed E-state index contributed by atoms with van der Waals surface area (Å²) in [6, 6.07) is 13.0. The number of aryl methyl sites for hydroxylation is 2. The highest BCUT2D eigenvalue weighted by molar-refractivity contribution is 5.77. The van der Waals surface area contributed by atoms with Crippen LogP contribution in [0.5, 0.6) is 11.5 Å². The molecule has 0 saturated heterocycles. The third-order valence-electron chi connectivity index (χ3n) is 4.07. The van der Waals surface area contributed by atoms with Crippen molar-refractivity contribution < 1.29 is 24.2 Å². The van der Waals surface area contributed by atoms with Crippen molar-refractivity contribution in [3.8, 4) is 11.5 Å². The van der Waals surface area contributed by atoms with Crippen LogP contribution in [-0.2, 0) is 16.1 Å². The Bertz CT molecular complexity index is 771. The molecule has 0 saturated carbocycles. The Morgan fingerprint density at radius 2 is 1.67 bits per heavy atom. The normalized spacial score (nSPS) is 10.3.